The van der Waals surface area contributed by atoms with E-state index >= 15 is 0 Å². The number of nitrogens with one attached hydrogen (secondary N) is 1. The maximum absolute atomic E-state index is 11.2. The average molecular weight is 259 g/mol. The van der Waals surface area contributed by atoms with Gasteiger partial charge in [-0.05, 0) is 12.1 Å². The molecule has 0 fully saturated rings. The maximum atomic E-state index is 11.2. The van der Waals surface area contributed by atoms with E-state index in [2.05, 4.69) is 10.3 Å². The molecule has 100 valence electrons. The van der Waals surface area contributed by atoms with Gasteiger partial charge in [-0.2, -0.15) is 0 Å². The molecule has 0 saturated heterocycles. The van der Waals surface area contributed by atoms with E-state index in [0.717, 1.165) is 16.7 Å². The van der Waals surface area contributed by atoms with E-state index in [1.165, 1.54) is 0 Å². The van der Waals surface area contributed by atoms with Crippen LogP contribution in [0.5, 0.6) is 5.75 Å². The number of carbonyl (C=O) groups is 1. The molecule has 0 aliphatic carbocycles. The zero-order valence-electron chi connectivity index (χ0n) is 10.6. The fraction of sp³-hybridized carbons (Fsp3) is 0.286. The molecule has 0 spiro atoms. The first kappa shape index (κ1) is 13.3. The summed E-state index contributed by atoms with van der Waals surface area (Å²) in [6, 6.07) is 9.65. The SMILES string of the molecule is NCCC(=O)NCCOc1cccc2cccnc12. The summed E-state index contributed by atoms with van der Waals surface area (Å²) in [6.07, 6.45) is 2.08. The molecular weight excluding hydrogens is 242 g/mol. The molecular formula is C14H17N3O2. The Morgan fingerprint density at radius 2 is 2.16 bits per heavy atom. The fourth-order valence-corrected chi connectivity index (χ4v) is 1.76. The van der Waals surface area contributed by atoms with Gasteiger partial charge in [0.05, 0.1) is 6.54 Å². The first-order chi connectivity index (χ1) is 9.31. The highest BCUT2D eigenvalue weighted by Crippen LogP contribution is 2.22. The number of hydrogen-bond acceptors (Lipinski definition) is 4. The highest BCUT2D eigenvalue weighted by molar-refractivity contribution is 5.84. The van der Waals surface area contributed by atoms with Gasteiger partial charge in [-0.25, -0.2) is 0 Å². The van der Waals surface area contributed by atoms with Crippen molar-refractivity contribution in [3.63, 3.8) is 0 Å². The number of amides is 1. The van der Waals surface area contributed by atoms with Crippen LogP contribution in [0.4, 0.5) is 0 Å². The van der Waals surface area contributed by atoms with E-state index in [-0.39, 0.29) is 5.91 Å². The summed E-state index contributed by atoms with van der Waals surface area (Å²) in [6.45, 7) is 1.23. The van der Waals surface area contributed by atoms with Crippen molar-refractivity contribution in [2.24, 2.45) is 5.73 Å². The van der Waals surface area contributed by atoms with Gasteiger partial charge in [-0.15, -0.1) is 0 Å². The molecule has 19 heavy (non-hydrogen) atoms. The molecule has 1 aromatic carbocycles. The second-order valence-electron chi connectivity index (χ2n) is 4.07. The molecule has 0 radical (unpaired) electrons. The van der Waals surface area contributed by atoms with Gasteiger partial charge in [-0.3, -0.25) is 9.78 Å². The van der Waals surface area contributed by atoms with Crippen molar-refractivity contribution in [1.82, 2.24) is 10.3 Å². The molecule has 1 aromatic heterocycles. The average Bonchev–Trinajstić information content (AvgIpc) is 2.44. The topological polar surface area (TPSA) is 77.2 Å². The van der Waals surface area contributed by atoms with E-state index in [1.807, 2.05) is 30.3 Å². The number of ether oxygens (including phenoxy) is 1. The van der Waals surface area contributed by atoms with Gasteiger partial charge in [0.1, 0.15) is 17.9 Å². The molecule has 0 unspecified atom stereocenters. The lowest BCUT2D eigenvalue weighted by Gasteiger charge is -2.09. The van der Waals surface area contributed by atoms with E-state index < -0.39 is 0 Å². The number of fused-ring (bicyclic) bond motifs is 1. The molecule has 0 aliphatic heterocycles. The van der Waals surface area contributed by atoms with Crippen LogP contribution in [0.1, 0.15) is 6.42 Å². The molecule has 0 saturated carbocycles. The van der Waals surface area contributed by atoms with Crippen LogP contribution in [0.15, 0.2) is 36.5 Å². The van der Waals surface area contributed by atoms with E-state index in [1.54, 1.807) is 6.20 Å². The first-order valence-electron chi connectivity index (χ1n) is 6.24. The number of hydrogen-bond donors (Lipinski definition) is 2. The third kappa shape index (κ3) is 3.66. The van der Waals surface area contributed by atoms with Crippen LogP contribution in [0.25, 0.3) is 10.9 Å². The minimum Gasteiger partial charge on any atom is -0.489 e. The number of aromatic nitrogens is 1. The molecule has 1 heterocycles. The van der Waals surface area contributed by atoms with Crippen molar-refractivity contribution >= 4 is 16.8 Å². The van der Waals surface area contributed by atoms with Crippen molar-refractivity contribution < 1.29 is 9.53 Å². The van der Waals surface area contributed by atoms with Gasteiger partial charge in [0.15, 0.2) is 0 Å². The predicted molar refractivity (Wildman–Crippen MR) is 73.9 cm³/mol. The van der Waals surface area contributed by atoms with Gasteiger partial charge in [0.25, 0.3) is 0 Å². The normalized spacial score (nSPS) is 10.4. The lowest BCUT2D eigenvalue weighted by molar-refractivity contribution is -0.120. The van der Waals surface area contributed by atoms with Crippen molar-refractivity contribution in [3.8, 4) is 5.75 Å². The van der Waals surface area contributed by atoms with E-state index in [0.29, 0.717) is 26.1 Å². The highest BCUT2D eigenvalue weighted by Gasteiger charge is 2.03. The first-order valence-corrected chi connectivity index (χ1v) is 6.24. The summed E-state index contributed by atoms with van der Waals surface area (Å²) < 4.78 is 5.64. The van der Waals surface area contributed by atoms with Gasteiger partial charge < -0.3 is 15.8 Å². The van der Waals surface area contributed by atoms with Crippen molar-refractivity contribution in [3.05, 3.63) is 36.5 Å². The van der Waals surface area contributed by atoms with Crippen LogP contribution in [0.3, 0.4) is 0 Å². The predicted octanol–water partition coefficient (Wildman–Crippen LogP) is 1.08. The minimum absolute atomic E-state index is 0.0536. The van der Waals surface area contributed by atoms with Crippen LogP contribution in [-0.2, 0) is 4.79 Å². The Morgan fingerprint density at radius 3 is 3.00 bits per heavy atom. The van der Waals surface area contributed by atoms with Crippen LogP contribution < -0.4 is 15.8 Å². The standard InChI is InChI=1S/C14H17N3O2/c15-7-6-13(18)16-9-10-19-12-5-1-3-11-4-2-8-17-14(11)12/h1-5,8H,6-7,9-10,15H2,(H,16,18). The number of carbonyl (C=O) groups excluding carboxylic acids is 1. The maximum Gasteiger partial charge on any atom is 0.221 e. The Balaban J connectivity index is 1.90. The van der Waals surface area contributed by atoms with Crippen molar-refractivity contribution in [2.45, 2.75) is 6.42 Å². The lowest BCUT2D eigenvalue weighted by atomic mass is 10.2. The van der Waals surface area contributed by atoms with Crippen LogP contribution in [-0.4, -0.2) is 30.6 Å². The summed E-state index contributed by atoms with van der Waals surface area (Å²) in [4.78, 5) is 15.5. The van der Waals surface area contributed by atoms with Crippen LogP contribution >= 0.6 is 0 Å². The summed E-state index contributed by atoms with van der Waals surface area (Å²) >= 11 is 0. The zero-order valence-corrected chi connectivity index (χ0v) is 10.6. The Bertz CT molecular complexity index is 552. The second-order valence-corrected chi connectivity index (χ2v) is 4.07. The molecule has 0 bridgehead atoms. The summed E-state index contributed by atoms with van der Waals surface area (Å²) in [5, 5.41) is 3.77. The van der Waals surface area contributed by atoms with Gasteiger partial charge in [0, 0.05) is 24.5 Å². The minimum atomic E-state index is -0.0536. The van der Waals surface area contributed by atoms with E-state index in [4.69, 9.17) is 10.5 Å². The largest absolute Gasteiger partial charge is 0.489 e. The number of rotatable bonds is 6. The second kappa shape index (κ2) is 6.70. The molecule has 5 nitrogen and oxygen atoms in total. The Hall–Kier alpha value is -2.14. The molecule has 0 atom stereocenters. The van der Waals surface area contributed by atoms with Crippen molar-refractivity contribution in [2.75, 3.05) is 19.7 Å². The van der Waals surface area contributed by atoms with Crippen LogP contribution in [0.2, 0.25) is 0 Å². The quantitative estimate of drug-likeness (QED) is 0.761. The number of pyridine rings is 1. The third-order valence-corrected chi connectivity index (χ3v) is 2.65. The molecule has 1 amide bonds. The Labute approximate surface area is 111 Å². The lowest BCUT2D eigenvalue weighted by Crippen LogP contribution is -2.29. The van der Waals surface area contributed by atoms with Crippen molar-refractivity contribution in [1.29, 1.82) is 0 Å². The van der Waals surface area contributed by atoms with Gasteiger partial charge in [0.2, 0.25) is 5.91 Å². The smallest absolute Gasteiger partial charge is 0.221 e. The summed E-state index contributed by atoms with van der Waals surface area (Å²) in [5.74, 6) is 0.674. The number of benzene rings is 1. The zero-order chi connectivity index (χ0) is 13.5. The highest BCUT2D eigenvalue weighted by atomic mass is 16.5. The van der Waals surface area contributed by atoms with E-state index in [9.17, 15) is 4.79 Å². The van der Waals surface area contributed by atoms with Gasteiger partial charge in [-0.1, -0.05) is 18.2 Å². The van der Waals surface area contributed by atoms with Crippen LogP contribution in [0, 0.1) is 0 Å². The monoisotopic (exact) mass is 259 g/mol. The third-order valence-electron chi connectivity index (χ3n) is 2.65. The Kier molecular flexibility index (Phi) is 4.69. The number of nitrogens with zero attached hydrogens (tertiary/aromatic N) is 1. The molecule has 0 aliphatic rings. The fourth-order valence-electron chi connectivity index (χ4n) is 1.76. The number of para-hydroxylation sites is 1. The molecule has 2 rings (SSSR count). The van der Waals surface area contributed by atoms with Gasteiger partial charge >= 0.3 is 0 Å². The molecule has 5 heteroatoms. The Morgan fingerprint density at radius 1 is 1.32 bits per heavy atom. The molecule has 2 aromatic rings. The number of nitrogens with two attached hydrogens (primary N) is 1. The summed E-state index contributed by atoms with van der Waals surface area (Å²) in [7, 11) is 0. The summed E-state index contributed by atoms with van der Waals surface area (Å²) in [5.41, 5.74) is 6.12. The molecule has 3 N–H and O–H groups in total.